The summed E-state index contributed by atoms with van der Waals surface area (Å²) < 4.78 is 1.92. The zero-order valence-corrected chi connectivity index (χ0v) is 19.7. The number of unbranched alkanes of at least 4 members (excludes halogenated alkanes) is 3. The van der Waals surface area contributed by atoms with Crippen LogP contribution in [0.1, 0.15) is 74.4 Å². The average molecular weight is 459 g/mol. The Labute approximate surface area is 199 Å². The van der Waals surface area contributed by atoms with Crippen LogP contribution in [0.15, 0.2) is 42.7 Å². The van der Waals surface area contributed by atoms with Crippen LogP contribution in [0.2, 0.25) is 0 Å². The summed E-state index contributed by atoms with van der Waals surface area (Å²) in [6.07, 6.45) is 9.75. The van der Waals surface area contributed by atoms with Crippen LogP contribution in [0.3, 0.4) is 0 Å². The Bertz CT molecular complexity index is 1200. The van der Waals surface area contributed by atoms with Gasteiger partial charge in [-0.05, 0) is 46.0 Å². The number of aromatic amines is 1. The molecule has 1 aromatic carbocycles. The lowest BCUT2D eigenvalue weighted by Gasteiger charge is -2.09. The van der Waals surface area contributed by atoms with E-state index in [2.05, 4.69) is 73.8 Å². The van der Waals surface area contributed by atoms with E-state index >= 15 is 0 Å². The van der Waals surface area contributed by atoms with E-state index in [-0.39, 0.29) is 5.78 Å². The molecule has 3 heterocycles. The van der Waals surface area contributed by atoms with Crippen LogP contribution < -0.4 is 0 Å². The summed E-state index contributed by atoms with van der Waals surface area (Å²) in [6, 6.07) is 10.3. The number of hydrogen-bond donors (Lipinski definition) is 1. The predicted octanol–water partition coefficient (Wildman–Crippen LogP) is 4.67. The molecule has 9 heteroatoms. The summed E-state index contributed by atoms with van der Waals surface area (Å²) in [6.45, 7) is 5.04. The highest BCUT2D eigenvalue weighted by molar-refractivity contribution is 5.92. The smallest absolute Gasteiger partial charge is 0.217 e. The lowest BCUT2D eigenvalue weighted by molar-refractivity contribution is 0.0969. The molecule has 0 amide bonds. The first-order valence-corrected chi connectivity index (χ1v) is 11.9. The van der Waals surface area contributed by atoms with Crippen molar-refractivity contribution in [3.8, 4) is 22.5 Å². The molecule has 1 N–H and O–H groups in total. The fourth-order valence-corrected chi connectivity index (χ4v) is 3.86. The van der Waals surface area contributed by atoms with Crippen molar-refractivity contribution in [2.75, 3.05) is 0 Å². The molecule has 0 radical (unpaired) electrons. The Balaban J connectivity index is 1.55. The zero-order valence-electron chi connectivity index (χ0n) is 19.7. The lowest BCUT2D eigenvalue weighted by atomic mass is 9.99. The summed E-state index contributed by atoms with van der Waals surface area (Å²) in [7, 11) is 0. The third kappa shape index (κ3) is 5.59. The molecule has 4 rings (SSSR count). The molecule has 0 bridgehead atoms. The van der Waals surface area contributed by atoms with E-state index in [0.29, 0.717) is 24.5 Å². The molecule has 0 atom stereocenters. The number of rotatable bonds is 12. The Morgan fingerprint density at radius 2 is 1.82 bits per heavy atom. The van der Waals surface area contributed by atoms with Gasteiger partial charge in [0.15, 0.2) is 5.82 Å². The summed E-state index contributed by atoms with van der Waals surface area (Å²) in [5.74, 6) is 1.78. The van der Waals surface area contributed by atoms with E-state index in [9.17, 15) is 4.79 Å². The Hall–Kier alpha value is -3.75. The van der Waals surface area contributed by atoms with E-state index in [0.717, 1.165) is 66.7 Å². The molecule has 0 aliphatic carbocycles. The average Bonchev–Trinajstić information content (AvgIpc) is 3.54. The van der Waals surface area contributed by atoms with Crippen LogP contribution in [-0.2, 0) is 13.0 Å². The van der Waals surface area contributed by atoms with Crippen molar-refractivity contribution in [1.29, 1.82) is 0 Å². The fourth-order valence-electron chi connectivity index (χ4n) is 3.86. The van der Waals surface area contributed by atoms with Gasteiger partial charge in [0.2, 0.25) is 11.6 Å². The largest absolute Gasteiger partial charge is 0.291 e. The number of hydrogen-bond acceptors (Lipinski definition) is 7. The molecule has 0 unspecified atom stereocenters. The number of carbonyl (C=O) groups excluding carboxylic acids is 1. The Kier molecular flexibility index (Phi) is 7.85. The highest BCUT2D eigenvalue weighted by atomic mass is 16.1. The maximum atomic E-state index is 12.5. The van der Waals surface area contributed by atoms with E-state index < -0.39 is 0 Å². The van der Waals surface area contributed by atoms with E-state index in [4.69, 9.17) is 0 Å². The second kappa shape index (κ2) is 11.4. The van der Waals surface area contributed by atoms with Gasteiger partial charge in [0.05, 0.1) is 0 Å². The quantitative estimate of drug-likeness (QED) is 0.242. The minimum Gasteiger partial charge on any atom is -0.291 e. The highest BCUT2D eigenvalue weighted by Crippen LogP contribution is 2.29. The molecule has 0 spiro atoms. The first-order valence-electron chi connectivity index (χ1n) is 11.9. The third-order valence-electron chi connectivity index (χ3n) is 5.78. The molecule has 9 nitrogen and oxygen atoms in total. The van der Waals surface area contributed by atoms with Gasteiger partial charge in [-0.25, -0.2) is 14.8 Å². The number of aryl methyl sites for hydroxylation is 1. The van der Waals surface area contributed by atoms with Crippen molar-refractivity contribution in [3.05, 3.63) is 59.9 Å². The number of benzene rings is 1. The summed E-state index contributed by atoms with van der Waals surface area (Å²) in [4.78, 5) is 21.4. The number of nitrogens with zero attached hydrogens (tertiary/aromatic N) is 7. The van der Waals surface area contributed by atoms with Gasteiger partial charge >= 0.3 is 0 Å². The summed E-state index contributed by atoms with van der Waals surface area (Å²) >= 11 is 0. The van der Waals surface area contributed by atoms with Gasteiger partial charge < -0.3 is 0 Å². The monoisotopic (exact) mass is 458 g/mol. The number of carbonyl (C=O) groups is 1. The number of Topliss-reactive ketones (excluding diaryl/α,β-unsaturated/α-hetero) is 1. The SMILES string of the molecule is CCCCCn1nc(C(=O)CCCC)nc1Cc1ccc(-c2ccncc2-c2nnn[nH]2)cc1. The minimum absolute atomic E-state index is 0.0276. The van der Waals surface area contributed by atoms with Crippen molar-refractivity contribution < 1.29 is 4.79 Å². The van der Waals surface area contributed by atoms with Crippen LogP contribution >= 0.6 is 0 Å². The maximum absolute atomic E-state index is 12.5. The predicted molar refractivity (Wildman–Crippen MR) is 129 cm³/mol. The number of nitrogens with one attached hydrogen (secondary N) is 1. The number of pyridine rings is 1. The van der Waals surface area contributed by atoms with Crippen LogP contribution in [0.4, 0.5) is 0 Å². The number of H-pyrrole nitrogens is 1. The molecule has 176 valence electrons. The summed E-state index contributed by atoms with van der Waals surface area (Å²) in [5.41, 5.74) is 3.98. The third-order valence-corrected chi connectivity index (χ3v) is 5.78. The molecule has 0 saturated heterocycles. The van der Waals surface area contributed by atoms with Crippen molar-refractivity contribution in [3.63, 3.8) is 0 Å². The molecular weight excluding hydrogens is 428 g/mol. The first-order chi connectivity index (χ1) is 16.7. The van der Waals surface area contributed by atoms with Gasteiger partial charge in [-0.1, -0.05) is 57.4 Å². The molecule has 0 aliphatic heterocycles. The maximum Gasteiger partial charge on any atom is 0.217 e. The topological polar surface area (TPSA) is 115 Å². The van der Waals surface area contributed by atoms with Crippen molar-refractivity contribution in [2.24, 2.45) is 0 Å². The van der Waals surface area contributed by atoms with Gasteiger partial charge in [0.25, 0.3) is 0 Å². The van der Waals surface area contributed by atoms with Gasteiger partial charge in [-0.15, -0.1) is 10.2 Å². The standard InChI is InChI=1S/C25H30N8O/c1-3-5-7-15-33-23(27-25(30-33)22(34)8-6-4-2)16-18-9-11-19(12-10-18)20-13-14-26-17-21(20)24-28-31-32-29-24/h9-14,17H,3-8,15-16H2,1-2H3,(H,28,29,31,32). The molecule has 0 saturated carbocycles. The number of aromatic nitrogens is 8. The Morgan fingerprint density at radius 1 is 1.00 bits per heavy atom. The number of ketones is 1. The van der Waals surface area contributed by atoms with Crippen LogP contribution in [-0.4, -0.2) is 46.2 Å². The van der Waals surface area contributed by atoms with E-state index in [1.165, 1.54) is 0 Å². The van der Waals surface area contributed by atoms with Crippen LogP contribution in [0.25, 0.3) is 22.5 Å². The van der Waals surface area contributed by atoms with Crippen molar-refractivity contribution >= 4 is 5.78 Å². The lowest BCUT2D eigenvalue weighted by Crippen LogP contribution is -2.07. The second-order valence-electron chi connectivity index (χ2n) is 8.35. The molecule has 0 aliphatic rings. The normalized spacial score (nSPS) is 11.1. The van der Waals surface area contributed by atoms with Crippen LogP contribution in [0.5, 0.6) is 0 Å². The minimum atomic E-state index is 0.0276. The summed E-state index contributed by atoms with van der Waals surface area (Å²) in [5, 5.41) is 18.7. The van der Waals surface area contributed by atoms with Gasteiger partial charge in [0, 0.05) is 37.3 Å². The molecule has 4 aromatic rings. The fraction of sp³-hybridized carbons (Fsp3) is 0.400. The molecule has 3 aromatic heterocycles. The number of tetrazole rings is 1. The van der Waals surface area contributed by atoms with E-state index in [1.54, 1.807) is 12.4 Å². The molecular formula is C25H30N8O. The first kappa shape index (κ1) is 23.4. The highest BCUT2D eigenvalue weighted by Gasteiger charge is 2.17. The van der Waals surface area contributed by atoms with Crippen molar-refractivity contribution in [2.45, 2.75) is 65.3 Å². The van der Waals surface area contributed by atoms with Gasteiger partial charge in [0.1, 0.15) is 5.82 Å². The Morgan fingerprint density at radius 3 is 2.56 bits per heavy atom. The van der Waals surface area contributed by atoms with Gasteiger partial charge in [-0.3, -0.25) is 9.78 Å². The molecule has 0 fully saturated rings. The molecule has 34 heavy (non-hydrogen) atoms. The van der Waals surface area contributed by atoms with Gasteiger partial charge in [-0.2, -0.15) is 0 Å². The second-order valence-corrected chi connectivity index (χ2v) is 8.35. The zero-order chi connectivity index (χ0) is 23.8. The van der Waals surface area contributed by atoms with Crippen molar-refractivity contribution in [1.82, 2.24) is 40.4 Å². The van der Waals surface area contributed by atoms with E-state index in [1.807, 2.05) is 10.7 Å². The van der Waals surface area contributed by atoms with Crippen LogP contribution in [0, 0.1) is 0 Å².